The van der Waals surface area contributed by atoms with Gasteiger partial charge < -0.3 is 14.9 Å². The van der Waals surface area contributed by atoms with Crippen LogP contribution in [0.4, 0.5) is 0 Å². The van der Waals surface area contributed by atoms with Crippen molar-refractivity contribution in [3.63, 3.8) is 0 Å². The fourth-order valence-electron chi connectivity index (χ4n) is 3.08. The van der Waals surface area contributed by atoms with E-state index in [1.165, 1.54) is 38.9 Å². The lowest BCUT2D eigenvalue weighted by atomic mass is 9.99. The van der Waals surface area contributed by atoms with E-state index in [0.717, 1.165) is 32.0 Å². The van der Waals surface area contributed by atoms with Crippen molar-refractivity contribution in [2.45, 2.75) is 51.2 Å². The zero-order valence-electron chi connectivity index (χ0n) is 10.6. The van der Waals surface area contributed by atoms with E-state index in [0.29, 0.717) is 0 Å². The predicted molar refractivity (Wildman–Crippen MR) is 66.6 cm³/mol. The topological polar surface area (TPSA) is 26.7 Å². The molecule has 0 unspecified atom stereocenters. The summed E-state index contributed by atoms with van der Waals surface area (Å²) in [5, 5.41) is 9.50. The summed E-state index contributed by atoms with van der Waals surface area (Å²) >= 11 is 0. The molecule has 0 spiro atoms. The van der Waals surface area contributed by atoms with E-state index in [-0.39, 0.29) is 6.10 Å². The zero-order valence-corrected chi connectivity index (χ0v) is 10.6. The highest BCUT2D eigenvalue weighted by atomic mass is 16.3. The Labute approximate surface area is 99.4 Å². The molecule has 2 aliphatic rings. The molecule has 0 radical (unpaired) electrons. The van der Waals surface area contributed by atoms with E-state index >= 15 is 0 Å². The number of hydrogen-bond donors (Lipinski definition) is 1. The van der Waals surface area contributed by atoms with Crippen molar-refractivity contribution < 1.29 is 5.11 Å². The van der Waals surface area contributed by atoms with E-state index in [2.05, 4.69) is 16.7 Å². The maximum Gasteiger partial charge on any atom is 0.0564 e. The summed E-state index contributed by atoms with van der Waals surface area (Å²) in [6.45, 7) is 8.30. The number of rotatable bonds is 3. The average Bonchev–Trinajstić information content (AvgIpc) is 2.32. The summed E-state index contributed by atoms with van der Waals surface area (Å²) in [7, 11) is 0. The smallest absolute Gasteiger partial charge is 0.0564 e. The van der Waals surface area contributed by atoms with Gasteiger partial charge in [-0.2, -0.15) is 0 Å². The number of aliphatic hydroxyl groups excluding tert-OH is 1. The van der Waals surface area contributed by atoms with Gasteiger partial charge in [0.25, 0.3) is 0 Å². The third kappa shape index (κ3) is 3.19. The van der Waals surface area contributed by atoms with Crippen molar-refractivity contribution in [1.82, 2.24) is 9.80 Å². The number of nitrogens with zero attached hydrogens (tertiary/aromatic N) is 2. The molecule has 0 aliphatic carbocycles. The van der Waals surface area contributed by atoms with E-state index in [1.54, 1.807) is 0 Å². The molecule has 94 valence electrons. The molecule has 0 aromatic heterocycles. The summed E-state index contributed by atoms with van der Waals surface area (Å²) in [4.78, 5) is 5.20. The molecule has 0 atom stereocenters. The van der Waals surface area contributed by atoms with Gasteiger partial charge in [-0.3, -0.25) is 0 Å². The summed E-state index contributed by atoms with van der Waals surface area (Å²) in [6.07, 6.45) is 5.87. The van der Waals surface area contributed by atoms with Crippen LogP contribution in [0.2, 0.25) is 0 Å². The lowest BCUT2D eigenvalue weighted by molar-refractivity contribution is 0.0387. The molecule has 2 rings (SSSR count). The minimum atomic E-state index is -0.0311. The van der Waals surface area contributed by atoms with Crippen molar-refractivity contribution in [3.8, 4) is 0 Å². The first-order valence-corrected chi connectivity index (χ1v) is 6.94. The second-order valence-corrected chi connectivity index (χ2v) is 5.34. The highest BCUT2D eigenvalue weighted by molar-refractivity contribution is 4.82. The molecule has 2 fully saturated rings. The third-order valence-electron chi connectivity index (χ3n) is 4.11. The van der Waals surface area contributed by atoms with Gasteiger partial charge in [-0.25, -0.2) is 0 Å². The molecule has 16 heavy (non-hydrogen) atoms. The molecule has 3 heteroatoms. The Morgan fingerprint density at radius 2 is 1.62 bits per heavy atom. The molecule has 2 heterocycles. The molecule has 0 saturated carbocycles. The molecular weight excluding hydrogens is 200 g/mol. The number of hydrogen-bond acceptors (Lipinski definition) is 3. The van der Waals surface area contributed by atoms with E-state index in [9.17, 15) is 5.11 Å². The van der Waals surface area contributed by atoms with Crippen LogP contribution in [0.15, 0.2) is 0 Å². The van der Waals surface area contributed by atoms with Crippen LogP contribution in [0, 0.1) is 0 Å². The van der Waals surface area contributed by atoms with Crippen LogP contribution in [0.3, 0.4) is 0 Å². The van der Waals surface area contributed by atoms with Gasteiger partial charge in [-0.05, 0) is 51.7 Å². The van der Waals surface area contributed by atoms with Crippen molar-refractivity contribution in [1.29, 1.82) is 0 Å². The first kappa shape index (κ1) is 12.3. The lowest BCUT2D eigenvalue weighted by Crippen LogP contribution is -2.48. The second kappa shape index (κ2) is 5.99. The first-order valence-electron chi connectivity index (χ1n) is 6.94. The van der Waals surface area contributed by atoms with Gasteiger partial charge >= 0.3 is 0 Å². The van der Waals surface area contributed by atoms with Crippen LogP contribution in [0.25, 0.3) is 0 Å². The van der Waals surface area contributed by atoms with Crippen LogP contribution in [0.5, 0.6) is 0 Å². The van der Waals surface area contributed by atoms with Crippen molar-refractivity contribution >= 4 is 0 Å². The molecular formula is C13H26N2O. The SMILES string of the molecule is CCCN1CCC(N2CCC(O)CC2)CC1. The van der Waals surface area contributed by atoms with Gasteiger partial charge in [0.2, 0.25) is 0 Å². The van der Waals surface area contributed by atoms with Gasteiger partial charge in [-0.15, -0.1) is 0 Å². The highest BCUT2D eigenvalue weighted by Gasteiger charge is 2.27. The van der Waals surface area contributed by atoms with E-state index < -0.39 is 0 Å². The predicted octanol–water partition coefficient (Wildman–Crippen LogP) is 1.32. The Bertz CT molecular complexity index is 194. The second-order valence-electron chi connectivity index (χ2n) is 5.34. The normalized spacial score (nSPS) is 27.4. The third-order valence-corrected chi connectivity index (χ3v) is 4.11. The van der Waals surface area contributed by atoms with Gasteiger partial charge in [0, 0.05) is 19.1 Å². The van der Waals surface area contributed by atoms with Crippen LogP contribution in [-0.4, -0.2) is 59.8 Å². The fraction of sp³-hybridized carbons (Fsp3) is 1.00. The summed E-state index contributed by atoms with van der Waals surface area (Å²) < 4.78 is 0. The van der Waals surface area contributed by atoms with Crippen molar-refractivity contribution in [2.24, 2.45) is 0 Å². The molecule has 0 bridgehead atoms. The molecule has 2 saturated heterocycles. The maximum atomic E-state index is 9.50. The Hall–Kier alpha value is -0.120. The lowest BCUT2D eigenvalue weighted by Gasteiger charge is -2.41. The average molecular weight is 226 g/mol. The monoisotopic (exact) mass is 226 g/mol. The largest absolute Gasteiger partial charge is 0.393 e. The minimum absolute atomic E-state index is 0.0311. The molecule has 0 aromatic carbocycles. The molecule has 0 amide bonds. The highest BCUT2D eigenvalue weighted by Crippen LogP contribution is 2.21. The number of piperidine rings is 2. The standard InChI is InChI=1S/C13H26N2O/c1-2-7-14-8-3-12(4-9-14)15-10-5-13(16)6-11-15/h12-13,16H,2-11H2,1H3. The first-order chi connectivity index (χ1) is 7.79. The quantitative estimate of drug-likeness (QED) is 0.786. The molecule has 1 N–H and O–H groups in total. The fourth-order valence-corrected chi connectivity index (χ4v) is 3.08. The Morgan fingerprint density at radius 3 is 2.19 bits per heavy atom. The Kier molecular flexibility index (Phi) is 4.62. The van der Waals surface area contributed by atoms with Gasteiger partial charge in [0.05, 0.1) is 6.10 Å². The van der Waals surface area contributed by atoms with E-state index in [1.807, 2.05) is 0 Å². The van der Waals surface area contributed by atoms with Crippen LogP contribution in [0.1, 0.15) is 39.0 Å². The van der Waals surface area contributed by atoms with Gasteiger partial charge in [0.1, 0.15) is 0 Å². The van der Waals surface area contributed by atoms with Gasteiger partial charge in [-0.1, -0.05) is 6.92 Å². The van der Waals surface area contributed by atoms with Crippen LogP contribution in [-0.2, 0) is 0 Å². The maximum absolute atomic E-state index is 9.50. The van der Waals surface area contributed by atoms with Gasteiger partial charge in [0.15, 0.2) is 0 Å². The van der Waals surface area contributed by atoms with Crippen molar-refractivity contribution in [3.05, 3.63) is 0 Å². The van der Waals surface area contributed by atoms with Crippen LogP contribution >= 0.6 is 0 Å². The Balaban J connectivity index is 1.72. The summed E-state index contributed by atoms with van der Waals surface area (Å²) in [6, 6.07) is 0.792. The van der Waals surface area contributed by atoms with E-state index in [4.69, 9.17) is 0 Å². The Morgan fingerprint density at radius 1 is 1.00 bits per heavy atom. The summed E-state index contributed by atoms with van der Waals surface area (Å²) in [5.74, 6) is 0. The van der Waals surface area contributed by atoms with Crippen LogP contribution < -0.4 is 0 Å². The summed E-state index contributed by atoms with van der Waals surface area (Å²) in [5.41, 5.74) is 0. The molecule has 3 nitrogen and oxygen atoms in total. The minimum Gasteiger partial charge on any atom is -0.393 e. The molecule has 0 aromatic rings. The number of likely N-dealkylation sites (tertiary alicyclic amines) is 2. The number of aliphatic hydroxyl groups is 1. The molecule has 2 aliphatic heterocycles. The zero-order chi connectivity index (χ0) is 11.4. The van der Waals surface area contributed by atoms with Crippen molar-refractivity contribution in [2.75, 3.05) is 32.7 Å².